The number of nitrogens with one attached hydrogen (secondary N) is 3. The summed E-state index contributed by atoms with van der Waals surface area (Å²) in [5.41, 5.74) is 6.96. The minimum absolute atomic E-state index is 0.0429. The maximum atomic E-state index is 14.8. The van der Waals surface area contributed by atoms with Gasteiger partial charge in [0.1, 0.15) is 12.4 Å². The number of hydrogen-bond acceptors (Lipinski definition) is 13. The number of nitrogens with two attached hydrogens (primary N) is 1. The maximum absolute atomic E-state index is 14.8. The van der Waals surface area contributed by atoms with E-state index in [1.807, 2.05) is 99.6 Å². The highest BCUT2D eigenvalue weighted by Gasteiger charge is 2.44. The second kappa shape index (κ2) is 35.3. The normalized spacial score (nSPS) is 17.4. The number of carbonyl (C=O) groups excluding carboxylic acids is 9. The summed E-state index contributed by atoms with van der Waals surface area (Å²) in [4.78, 5) is 127. The SMILES string of the molecule is CCC(=O)N[C@H](C(=O)C[C@@H](CCCNC(N)=O)C(=O)Nc1ccc(COC(=O)N(C)[C@H](C(=O)C[C@H](C(=O)N(C)[C@@H]([C@@H](C)CC)[C@@H](CC(=O)N2CCC[C@H]2[C@H](OC)[C@@H](C)C(=O)C[C@H](C)[C@@H](O)c2ccccc2)OC)C(C)C)C(C)C)cc1)C(C)C. The van der Waals surface area contributed by atoms with E-state index in [2.05, 4.69) is 16.0 Å². The number of likely N-dealkylation sites (tertiary alicyclic amines) is 1. The monoisotopic (exact) mass is 1180 g/mol. The molecule has 20 nitrogen and oxygen atoms in total. The lowest BCUT2D eigenvalue weighted by molar-refractivity contribution is -0.149. The Hall–Kier alpha value is -6.25. The number of rotatable bonds is 36. The predicted molar refractivity (Wildman–Crippen MR) is 323 cm³/mol. The lowest BCUT2D eigenvalue weighted by atomic mass is 9.83. The Balaban J connectivity index is 1.71. The minimum atomic E-state index is -0.944. The molecule has 0 aromatic heterocycles. The Bertz CT molecular complexity index is 2460. The van der Waals surface area contributed by atoms with E-state index in [0.717, 1.165) is 12.0 Å². The molecule has 3 rings (SSSR count). The third-order valence-corrected chi connectivity index (χ3v) is 16.8. The van der Waals surface area contributed by atoms with Crippen molar-refractivity contribution in [1.29, 1.82) is 0 Å². The number of hydrogen-bond donors (Lipinski definition) is 5. The number of ketones is 3. The van der Waals surface area contributed by atoms with E-state index < -0.39 is 72.2 Å². The third-order valence-electron chi connectivity index (χ3n) is 16.8. The van der Waals surface area contributed by atoms with Crippen LogP contribution in [0.2, 0.25) is 0 Å². The molecular weight excluding hydrogens is 1070 g/mol. The van der Waals surface area contributed by atoms with Gasteiger partial charge in [0.15, 0.2) is 11.6 Å². The van der Waals surface area contributed by atoms with Crippen molar-refractivity contribution in [2.24, 2.45) is 53.1 Å². The van der Waals surface area contributed by atoms with Crippen molar-refractivity contribution in [3.63, 3.8) is 0 Å². The van der Waals surface area contributed by atoms with Gasteiger partial charge >= 0.3 is 12.1 Å². The van der Waals surface area contributed by atoms with Gasteiger partial charge in [-0.05, 0) is 78.5 Å². The Morgan fingerprint density at radius 1 is 0.750 bits per heavy atom. The summed E-state index contributed by atoms with van der Waals surface area (Å²) in [6.07, 6.45) is -0.262. The van der Waals surface area contributed by atoms with E-state index in [-0.39, 0.29) is 122 Å². The van der Waals surface area contributed by atoms with Crippen LogP contribution in [0.1, 0.15) is 158 Å². The molecule has 0 unspecified atom stereocenters. The number of Topliss-reactive ketones (excluding diaryl/α,β-unsaturated/α-hetero) is 3. The molecule has 470 valence electrons. The van der Waals surface area contributed by atoms with Crippen molar-refractivity contribution in [3.8, 4) is 0 Å². The molecule has 7 amide bonds. The molecule has 0 radical (unpaired) electrons. The summed E-state index contributed by atoms with van der Waals surface area (Å²) < 4.78 is 17.8. The Morgan fingerprint density at radius 2 is 1.39 bits per heavy atom. The molecule has 20 heteroatoms. The maximum Gasteiger partial charge on any atom is 0.410 e. The first-order valence-electron chi connectivity index (χ1n) is 30.2. The number of anilines is 1. The van der Waals surface area contributed by atoms with E-state index in [0.29, 0.717) is 37.1 Å². The van der Waals surface area contributed by atoms with Crippen LogP contribution in [0, 0.1) is 47.3 Å². The van der Waals surface area contributed by atoms with Crippen molar-refractivity contribution in [1.82, 2.24) is 25.3 Å². The van der Waals surface area contributed by atoms with E-state index in [4.69, 9.17) is 19.9 Å². The van der Waals surface area contributed by atoms with Crippen molar-refractivity contribution >= 4 is 58.8 Å². The lowest BCUT2D eigenvalue weighted by Crippen LogP contribution is -2.54. The molecule has 84 heavy (non-hydrogen) atoms. The molecule has 6 N–H and O–H groups in total. The van der Waals surface area contributed by atoms with E-state index in [1.165, 1.54) is 19.1 Å². The zero-order valence-corrected chi connectivity index (χ0v) is 52.8. The predicted octanol–water partition coefficient (Wildman–Crippen LogP) is 8.27. The first kappa shape index (κ1) is 72.0. The van der Waals surface area contributed by atoms with Gasteiger partial charge in [0.25, 0.3) is 0 Å². The largest absolute Gasteiger partial charge is 0.445 e. The van der Waals surface area contributed by atoms with Gasteiger partial charge in [0.2, 0.25) is 23.6 Å². The number of benzene rings is 2. The number of methoxy groups -OCH3 is 2. The van der Waals surface area contributed by atoms with Crippen LogP contribution < -0.4 is 21.7 Å². The second-order valence-electron chi connectivity index (χ2n) is 24.1. The van der Waals surface area contributed by atoms with E-state index in [9.17, 15) is 48.3 Å². The Kier molecular flexibility index (Phi) is 30.2. The first-order chi connectivity index (χ1) is 39.6. The number of aliphatic hydroxyl groups is 1. The minimum Gasteiger partial charge on any atom is -0.445 e. The molecule has 0 bridgehead atoms. The highest BCUT2D eigenvalue weighted by atomic mass is 16.6. The van der Waals surface area contributed by atoms with Crippen LogP contribution in [0.15, 0.2) is 54.6 Å². The van der Waals surface area contributed by atoms with Crippen LogP contribution in [0.5, 0.6) is 0 Å². The number of likely N-dealkylation sites (N-methyl/N-ethyl adjacent to an activating group) is 2. The quantitative estimate of drug-likeness (QED) is 0.0403. The van der Waals surface area contributed by atoms with Crippen LogP contribution in [0.3, 0.4) is 0 Å². The number of ether oxygens (including phenoxy) is 3. The smallest absolute Gasteiger partial charge is 0.410 e. The topological polar surface area (TPSA) is 273 Å². The lowest BCUT2D eigenvalue weighted by Gasteiger charge is -2.41. The molecule has 0 spiro atoms. The van der Waals surface area contributed by atoms with E-state index >= 15 is 0 Å². The van der Waals surface area contributed by atoms with Crippen molar-refractivity contribution in [2.75, 3.05) is 46.7 Å². The number of nitrogens with zero attached hydrogens (tertiary/aromatic N) is 3. The van der Waals surface area contributed by atoms with Gasteiger partial charge in [-0.2, -0.15) is 0 Å². The summed E-state index contributed by atoms with van der Waals surface area (Å²) in [6.45, 7) is 20.9. The highest BCUT2D eigenvalue weighted by molar-refractivity contribution is 5.97. The third kappa shape index (κ3) is 21.1. The van der Waals surface area contributed by atoms with Gasteiger partial charge in [-0.1, -0.05) is 125 Å². The summed E-state index contributed by atoms with van der Waals surface area (Å²) in [7, 11) is 6.26. The molecule has 2 aromatic rings. The van der Waals surface area contributed by atoms with Crippen LogP contribution >= 0.6 is 0 Å². The van der Waals surface area contributed by atoms with Crippen molar-refractivity contribution < 1.29 is 62.5 Å². The first-order valence-corrected chi connectivity index (χ1v) is 30.2. The number of aliphatic hydroxyl groups excluding tert-OH is 1. The molecular formula is C64H101N7O13. The summed E-state index contributed by atoms with van der Waals surface area (Å²) in [5.74, 6) is -5.31. The number of carbonyl (C=O) groups is 9. The molecule has 1 aliphatic rings. The van der Waals surface area contributed by atoms with Crippen molar-refractivity contribution in [2.45, 2.75) is 189 Å². The number of urea groups is 1. The summed E-state index contributed by atoms with van der Waals surface area (Å²) in [5, 5.41) is 19.1. The fourth-order valence-corrected chi connectivity index (χ4v) is 11.6. The molecule has 1 aliphatic heterocycles. The van der Waals surface area contributed by atoms with Gasteiger partial charge in [0.05, 0.1) is 48.9 Å². The average Bonchev–Trinajstić information content (AvgIpc) is 3.96. The molecule has 2 aromatic carbocycles. The fraction of sp³-hybridized carbons (Fsp3) is 0.672. The van der Waals surface area contributed by atoms with Gasteiger partial charge in [-0.25, -0.2) is 9.59 Å². The van der Waals surface area contributed by atoms with Gasteiger partial charge in [0, 0.05) is 90.5 Å². The highest BCUT2D eigenvalue weighted by Crippen LogP contribution is 2.33. The van der Waals surface area contributed by atoms with Crippen LogP contribution in [-0.4, -0.2) is 151 Å². The van der Waals surface area contributed by atoms with Crippen LogP contribution in [0.4, 0.5) is 15.3 Å². The molecule has 0 saturated carbocycles. The van der Waals surface area contributed by atoms with Gasteiger partial charge in [-0.15, -0.1) is 0 Å². The molecule has 12 atom stereocenters. The Morgan fingerprint density at radius 3 is 1.94 bits per heavy atom. The zero-order chi connectivity index (χ0) is 63.1. The second-order valence-corrected chi connectivity index (χ2v) is 24.1. The van der Waals surface area contributed by atoms with E-state index in [1.54, 1.807) is 55.1 Å². The molecule has 1 fully saturated rings. The summed E-state index contributed by atoms with van der Waals surface area (Å²) >= 11 is 0. The fourth-order valence-electron chi connectivity index (χ4n) is 11.6. The molecule has 0 aliphatic carbocycles. The van der Waals surface area contributed by atoms with Gasteiger partial charge < -0.3 is 55.7 Å². The zero-order valence-electron chi connectivity index (χ0n) is 52.8. The molecule has 1 heterocycles. The number of primary amides is 1. The van der Waals surface area contributed by atoms with Crippen LogP contribution in [-0.2, 0) is 54.4 Å². The average molecular weight is 1180 g/mol. The number of amides is 7. The van der Waals surface area contributed by atoms with Crippen LogP contribution in [0.25, 0.3) is 0 Å². The Labute approximate surface area is 499 Å². The summed E-state index contributed by atoms with van der Waals surface area (Å²) in [6, 6.07) is 12.5. The van der Waals surface area contributed by atoms with Crippen molar-refractivity contribution in [3.05, 3.63) is 65.7 Å². The van der Waals surface area contributed by atoms with Gasteiger partial charge in [-0.3, -0.25) is 33.6 Å². The standard InChI is InChI=1S/C64H101N7O13/c1-16-41(9)58(53(82-14)36-55(76)71-32-22-26-49(71)60(83-15)43(11)50(72)33-42(10)59(77)45-23-19-18-20-24-45)69(12)62(79)48(38(3)4)35-52(74)57(40(7)8)70(13)64(81)84-37-44-27-29-47(30-28-44)67-61(78)46(25-21-31-66-63(65)80)34-51(73)56(39(5)6)68-54(75)17-2/h18-20,23-24,27-30,38-43,46,48-49,53,56-60,77H,16-17,21-22,25-26,31-37H2,1-15H3,(H,67,78)(H,68,75)(H3,65,66,80)/t41-,42-,43-,46+,48-,49-,53+,56-,57-,58-,59+,60+/m0/s1. The molecule has 1 saturated heterocycles.